The van der Waals surface area contributed by atoms with Gasteiger partial charge in [-0.05, 0) is 25.1 Å². The summed E-state index contributed by atoms with van der Waals surface area (Å²) in [5.41, 5.74) is 1.51. The smallest absolute Gasteiger partial charge is 0.323 e. The summed E-state index contributed by atoms with van der Waals surface area (Å²) in [5.74, 6) is -4.56. The van der Waals surface area contributed by atoms with Gasteiger partial charge in [-0.1, -0.05) is 18.2 Å². The van der Waals surface area contributed by atoms with Crippen molar-refractivity contribution in [2.45, 2.75) is 20.0 Å². The van der Waals surface area contributed by atoms with Gasteiger partial charge in [0.25, 0.3) is 5.56 Å². The molecule has 2 aromatic carbocycles. The van der Waals surface area contributed by atoms with E-state index in [-0.39, 0.29) is 12.1 Å². The predicted octanol–water partition coefficient (Wildman–Crippen LogP) is 3.72. The lowest BCUT2D eigenvalue weighted by atomic mass is 10.1. The van der Waals surface area contributed by atoms with Gasteiger partial charge in [-0.25, -0.2) is 17.9 Å². The van der Waals surface area contributed by atoms with Crippen molar-refractivity contribution in [2.24, 2.45) is 0 Å². The molecule has 9 heteroatoms. The van der Waals surface area contributed by atoms with Crippen LogP contribution in [0.25, 0.3) is 22.2 Å². The molecule has 0 unspecified atom stereocenters. The van der Waals surface area contributed by atoms with E-state index in [1.807, 2.05) is 6.07 Å². The zero-order chi connectivity index (χ0) is 22.3. The van der Waals surface area contributed by atoms with Crippen LogP contribution in [-0.2, 0) is 17.9 Å². The molecule has 4 aromatic rings. The lowest BCUT2D eigenvalue weighted by molar-refractivity contribution is -0.137. The number of carbonyl (C=O) groups is 1. The molecule has 0 saturated heterocycles. The number of hydrogen-bond acceptors (Lipinski definition) is 3. The van der Waals surface area contributed by atoms with Gasteiger partial charge in [0.2, 0.25) is 0 Å². The average Bonchev–Trinajstić information content (AvgIpc) is 2.99. The van der Waals surface area contributed by atoms with Crippen LogP contribution in [0, 0.1) is 24.4 Å². The van der Waals surface area contributed by atoms with Crippen molar-refractivity contribution in [3.8, 4) is 11.3 Å². The van der Waals surface area contributed by atoms with Crippen molar-refractivity contribution in [1.29, 1.82) is 0 Å². The second kappa shape index (κ2) is 7.75. The molecule has 31 heavy (non-hydrogen) atoms. The highest BCUT2D eigenvalue weighted by atomic mass is 19.2. The summed E-state index contributed by atoms with van der Waals surface area (Å²) in [6.45, 7) is 1.08. The minimum atomic E-state index is -1.32. The number of benzene rings is 2. The van der Waals surface area contributed by atoms with Gasteiger partial charge < -0.3 is 9.67 Å². The molecule has 2 heterocycles. The van der Waals surface area contributed by atoms with Crippen LogP contribution in [-0.4, -0.2) is 25.4 Å². The number of nitrogens with zero attached hydrogens (tertiary/aromatic N) is 3. The Bertz CT molecular complexity index is 1390. The first-order valence-electron chi connectivity index (χ1n) is 9.28. The molecule has 1 N–H and O–H groups in total. The second-order valence-corrected chi connectivity index (χ2v) is 7.03. The third-order valence-corrected chi connectivity index (χ3v) is 5.06. The lowest BCUT2D eigenvalue weighted by Crippen LogP contribution is -2.23. The van der Waals surface area contributed by atoms with Crippen LogP contribution in [0.5, 0.6) is 0 Å². The maximum absolute atomic E-state index is 14.1. The normalized spacial score (nSPS) is 11.2. The van der Waals surface area contributed by atoms with Crippen molar-refractivity contribution in [1.82, 2.24) is 14.3 Å². The summed E-state index contributed by atoms with van der Waals surface area (Å²) >= 11 is 0. The minimum absolute atomic E-state index is 0.226. The van der Waals surface area contributed by atoms with E-state index in [1.54, 1.807) is 29.7 Å². The molecule has 0 saturated carbocycles. The SMILES string of the molecule is Cc1c(-c2ccc(=O)n(Cc3cc(F)c(F)cc3F)n2)c2ccccc2n1CC(=O)O. The molecular formula is C22H16F3N3O3. The Hall–Kier alpha value is -3.88. The molecule has 0 amide bonds. The fourth-order valence-electron chi connectivity index (χ4n) is 3.64. The summed E-state index contributed by atoms with van der Waals surface area (Å²) in [4.78, 5) is 23.6. The Balaban J connectivity index is 1.85. The molecule has 0 radical (unpaired) electrons. The summed E-state index contributed by atoms with van der Waals surface area (Å²) in [7, 11) is 0. The summed E-state index contributed by atoms with van der Waals surface area (Å²) < 4.78 is 43.4. The van der Waals surface area contributed by atoms with Gasteiger partial charge in [-0.2, -0.15) is 5.10 Å². The van der Waals surface area contributed by atoms with Crippen molar-refractivity contribution in [3.63, 3.8) is 0 Å². The molecule has 0 aliphatic heterocycles. The first-order valence-corrected chi connectivity index (χ1v) is 9.28. The molecule has 0 aliphatic carbocycles. The van der Waals surface area contributed by atoms with Crippen molar-refractivity contribution in [3.05, 3.63) is 87.6 Å². The van der Waals surface area contributed by atoms with Gasteiger partial charge in [0.15, 0.2) is 11.6 Å². The van der Waals surface area contributed by atoms with Crippen LogP contribution in [0.3, 0.4) is 0 Å². The second-order valence-electron chi connectivity index (χ2n) is 7.03. The summed E-state index contributed by atoms with van der Waals surface area (Å²) in [5, 5.41) is 14.3. The monoisotopic (exact) mass is 427 g/mol. The molecule has 2 aromatic heterocycles. The number of para-hydroxylation sites is 1. The number of aromatic nitrogens is 3. The highest BCUT2D eigenvalue weighted by molar-refractivity contribution is 5.97. The van der Waals surface area contributed by atoms with Crippen molar-refractivity contribution < 1.29 is 23.1 Å². The average molecular weight is 427 g/mol. The number of rotatable bonds is 5. The summed E-state index contributed by atoms with van der Waals surface area (Å²) in [6, 6.07) is 11.0. The topological polar surface area (TPSA) is 77.1 Å². The van der Waals surface area contributed by atoms with E-state index in [9.17, 15) is 27.9 Å². The quantitative estimate of drug-likeness (QED) is 0.493. The standard InChI is InChI=1S/C22H16F3N3O3/c1-12-22(14-4-2-3-5-19(14)27(12)11-21(30)31)18-6-7-20(29)28(26-18)10-13-8-16(24)17(25)9-15(13)23/h2-9H,10-11H2,1H3,(H,30,31). The van der Waals surface area contributed by atoms with Crippen molar-refractivity contribution in [2.75, 3.05) is 0 Å². The number of carboxylic acid groups (broad SMARTS) is 1. The zero-order valence-electron chi connectivity index (χ0n) is 16.3. The lowest BCUT2D eigenvalue weighted by Gasteiger charge is -2.09. The zero-order valence-corrected chi connectivity index (χ0v) is 16.3. The largest absolute Gasteiger partial charge is 0.480 e. The third kappa shape index (κ3) is 3.70. The van der Waals surface area contributed by atoms with E-state index in [2.05, 4.69) is 5.10 Å². The fourth-order valence-corrected chi connectivity index (χ4v) is 3.64. The van der Waals surface area contributed by atoms with E-state index in [0.29, 0.717) is 34.6 Å². The molecule has 0 spiro atoms. The van der Waals surface area contributed by atoms with Crippen LogP contribution in [0.4, 0.5) is 13.2 Å². The van der Waals surface area contributed by atoms with Crippen LogP contribution in [0.15, 0.2) is 53.3 Å². The van der Waals surface area contributed by atoms with Gasteiger partial charge in [0, 0.05) is 39.9 Å². The highest BCUT2D eigenvalue weighted by Crippen LogP contribution is 2.33. The molecule has 158 valence electrons. The Morgan fingerprint density at radius 1 is 1.03 bits per heavy atom. The number of carboxylic acids is 1. The number of hydrogen-bond donors (Lipinski definition) is 1. The van der Waals surface area contributed by atoms with E-state index in [1.165, 1.54) is 12.1 Å². The number of aliphatic carboxylic acids is 1. The van der Waals surface area contributed by atoms with Crippen LogP contribution in [0.1, 0.15) is 11.3 Å². The molecular weight excluding hydrogens is 411 g/mol. The number of halogens is 3. The maximum atomic E-state index is 14.1. The molecule has 6 nitrogen and oxygen atoms in total. The van der Waals surface area contributed by atoms with Gasteiger partial charge in [0.05, 0.1) is 12.2 Å². The van der Waals surface area contributed by atoms with E-state index in [0.717, 1.165) is 10.1 Å². The van der Waals surface area contributed by atoms with E-state index in [4.69, 9.17) is 0 Å². The van der Waals surface area contributed by atoms with Gasteiger partial charge in [-0.3, -0.25) is 9.59 Å². The maximum Gasteiger partial charge on any atom is 0.323 e. The fraction of sp³-hybridized carbons (Fsp3) is 0.136. The van der Waals surface area contributed by atoms with E-state index >= 15 is 0 Å². The first-order chi connectivity index (χ1) is 14.8. The summed E-state index contributed by atoms with van der Waals surface area (Å²) in [6.07, 6.45) is 0. The van der Waals surface area contributed by atoms with E-state index < -0.39 is 35.5 Å². The van der Waals surface area contributed by atoms with Gasteiger partial charge in [0.1, 0.15) is 12.4 Å². The Kier molecular flexibility index (Phi) is 5.10. The molecule has 4 rings (SSSR count). The number of fused-ring (bicyclic) bond motifs is 1. The molecule has 0 bridgehead atoms. The third-order valence-electron chi connectivity index (χ3n) is 5.06. The van der Waals surface area contributed by atoms with Crippen molar-refractivity contribution >= 4 is 16.9 Å². The first kappa shape index (κ1) is 20.4. The van der Waals surface area contributed by atoms with Gasteiger partial charge in [-0.15, -0.1) is 0 Å². The molecule has 0 fully saturated rings. The Morgan fingerprint density at radius 3 is 2.48 bits per heavy atom. The highest BCUT2D eigenvalue weighted by Gasteiger charge is 2.19. The molecule has 0 atom stereocenters. The van der Waals surface area contributed by atoms with Crippen LogP contribution < -0.4 is 5.56 Å². The Morgan fingerprint density at radius 2 is 1.74 bits per heavy atom. The Labute approximate surface area is 173 Å². The van der Waals surface area contributed by atoms with Crippen LogP contribution >= 0.6 is 0 Å². The predicted molar refractivity (Wildman–Crippen MR) is 107 cm³/mol. The minimum Gasteiger partial charge on any atom is -0.480 e. The molecule has 0 aliphatic rings. The van der Waals surface area contributed by atoms with Crippen LogP contribution in [0.2, 0.25) is 0 Å². The van der Waals surface area contributed by atoms with Gasteiger partial charge >= 0.3 is 5.97 Å².